The number of carbonyl (C=O) groups is 1. The summed E-state index contributed by atoms with van der Waals surface area (Å²) in [6, 6.07) is 17.7. The average molecular weight is 430 g/mol. The van der Waals surface area contributed by atoms with Crippen molar-refractivity contribution in [1.29, 1.82) is 0 Å². The third-order valence-corrected chi connectivity index (χ3v) is 6.01. The number of carbonyl (C=O) groups excluding carboxylic acids is 1. The minimum Gasteiger partial charge on any atom is -0.390 e. The fraction of sp³-hybridized carbons (Fsp3) is 0.435. The molecule has 0 aliphatic carbocycles. The van der Waals surface area contributed by atoms with Crippen LogP contribution in [0, 0.1) is 0 Å². The van der Waals surface area contributed by atoms with E-state index in [9.17, 15) is 15.0 Å². The second-order valence-corrected chi connectivity index (χ2v) is 8.16. The van der Waals surface area contributed by atoms with E-state index >= 15 is 0 Å². The number of urea groups is 1. The van der Waals surface area contributed by atoms with Crippen LogP contribution < -0.4 is 5.32 Å². The van der Waals surface area contributed by atoms with Crippen LogP contribution in [0.15, 0.2) is 54.6 Å². The van der Waals surface area contributed by atoms with Crippen molar-refractivity contribution >= 4 is 19.5 Å². The molecule has 0 spiro atoms. The van der Waals surface area contributed by atoms with E-state index in [2.05, 4.69) is 28.4 Å². The molecule has 7 heteroatoms. The fourth-order valence-electron chi connectivity index (χ4n) is 4.34. The number of aliphatic hydroxyl groups excluding tert-OH is 1. The van der Waals surface area contributed by atoms with Crippen molar-refractivity contribution in [3.8, 4) is 0 Å². The van der Waals surface area contributed by atoms with Gasteiger partial charge in [0, 0.05) is 32.7 Å². The van der Waals surface area contributed by atoms with E-state index in [1.807, 2.05) is 36.4 Å². The molecule has 4 rings (SSSR count). The molecule has 6 nitrogen and oxygen atoms in total. The molecule has 1 unspecified atom stereocenters. The van der Waals surface area contributed by atoms with Gasteiger partial charge in [0.05, 0.1) is 12.6 Å². The maximum absolute atomic E-state index is 12.5. The smallest absolute Gasteiger partial charge is 0.317 e. The molecule has 1 saturated heterocycles. The Morgan fingerprint density at radius 3 is 2.53 bits per heavy atom. The Hall–Kier alpha value is -2.06. The normalized spacial score (nSPS) is 22.1. The lowest BCUT2D eigenvalue weighted by Gasteiger charge is -2.30. The number of aliphatic hydroxyl groups is 2. The highest BCUT2D eigenvalue weighted by molar-refractivity contribution is 7.59. The van der Waals surface area contributed by atoms with Gasteiger partial charge in [-0.25, -0.2) is 4.79 Å². The van der Waals surface area contributed by atoms with Gasteiger partial charge in [-0.15, -0.1) is 0 Å². The van der Waals surface area contributed by atoms with Gasteiger partial charge < -0.3 is 20.4 Å². The van der Waals surface area contributed by atoms with Crippen molar-refractivity contribution in [1.82, 2.24) is 15.1 Å². The van der Waals surface area contributed by atoms with Crippen LogP contribution in [0.5, 0.6) is 0 Å². The number of likely N-dealkylation sites (tertiary alicyclic amines) is 1. The van der Waals surface area contributed by atoms with Crippen LogP contribution >= 0.6 is 13.5 Å². The summed E-state index contributed by atoms with van der Waals surface area (Å²) in [5, 5.41) is 24.1. The Morgan fingerprint density at radius 1 is 1.07 bits per heavy atom. The summed E-state index contributed by atoms with van der Waals surface area (Å²) in [6.45, 7) is 3.24. The predicted molar refractivity (Wildman–Crippen MR) is 122 cm³/mol. The molecule has 2 aromatic rings. The highest BCUT2D eigenvalue weighted by Gasteiger charge is 2.39. The number of nitrogens with one attached hydrogen (secondary N) is 1. The minimum absolute atomic E-state index is 0. The maximum Gasteiger partial charge on any atom is 0.317 e. The van der Waals surface area contributed by atoms with Gasteiger partial charge in [-0.05, 0) is 29.5 Å². The lowest BCUT2D eigenvalue weighted by molar-refractivity contribution is 0.0490. The van der Waals surface area contributed by atoms with E-state index in [4.69, 9.17) is 0 Å². The molecule has 2 aliphatic heterocycles. The standard InChI is InChI=1S/C23H29N3O3.H2S/c27-21(16-25-12-10-18-6-4-5-7-19(18)15-25)14-24-22(28)26-13-11-23(29,17-26)20-8-2-1-3-9-20;/h1-9,21,27,29H,10-17H2,(H,24,28);1H2/t21-,23?;/m0./s1. The van der Waals surface area contributed by atoms with Gasteiger partial charge in [0.2, 0.25) is 0 Å². The Bertz CT molecular complexity index is 851. The van der Waals surface area contributed by atoms with Crippen LogP contribution in [0.4, 0.5) is 4.79 Å². The Labute approximate surface area is 185 Å². The summed E-state index contributed by atoms with van der Waals surface area (Å²) in [7, 11) is 0. The monoisotopic (exact) mass is 429 g/mol. The average Bonchev–Trinajstić information content (AvgIpc) is 3.16. The van der Waals surface area contributed by atoms with Gasteiger partial charge in [0.25, 0.3) is 0 Å². The number of hydrogen-bond acceptors (Lipinski definition) is 4. The van der Waals surface area contributed by atoms with Gasteiger partial charge in [0.15, 0.2) is 0 Å². The van der Waals surface area contributed by atoms with Crippen molar-refractivity contribution in [3.05, 3.63) is 71.3 Å². The summed E-state index contributed by atoms with van der Waals surface area (Å²) in [6.07, 6.45) is 0.876. The van der Waals surface area contributed by atoms with E-state index in [1.165, 1.54) is 11.1 Å². The highest BCUT2D eigenvalue weighted by atomic mass is 32.1. The SMILES string of the molecule is O=C(NC[C@H](O)CN1CCc2ccccc2C1)N1CCC(O)(c2ccccc2)C1.S. The van der Waals surface area contributed by atoms with Crippen LogP contribution in [0.1, 0.15) is 23.1 Å². The first-order chi connectivity index (χ1) is 14.0. The summed E-state index contributed by atoms with van der Waals surface area (Å²) >= 11 is 0. The topological polar surface area (TPSA) is 76.0 Å². The number of β-amino-alcohol motifs (C(OH)–C–C–N with tert-alkyl or cyclic N) is 2. The van der Waals surface area contributed by atoms with E-state index in [1.54, 1.807) is 4.90 Å². The van der Waals surface area contributed by atoms with Crippen molar-refractivity contribution < 1.29 is 15.0 Å². The van der Waals surface area contributed by atoms with Crippen molar-refractivity contribution in [3.63, 3.8) is 0 Å². The number of nitrogens with zero attached hydrogens (tertiary/aromatic N) is 2. The van der Waals surface area contributed by atoms with Crippen LogP contribution in [0.3, 0.4) is 0 Å². The van der Waals surface area contributed by atoms with E-state index in [-0.39, 0.29) is 32.6 Å². The Morgan fingerprint density at radius 2 is 1.77 bits per heavy atom. The first-order valence-electron chi connectivity index (χ1n) is 10.3. The zero-order chi connectivity index (χ0) is 20.3. The molecular weight excluding hydrogens is 398 g/mol. The van der Waals surface area contributed by atoms with E-state index in [0.29, 0.717) is 19.5 Å². The fourth-order valence-corrected chi connectivity index (χ4v) is 4.34. The molecule has 1 fully saturated rings. The van der Waals surface area contributed by atoms with Crippen molar-refractivity contribution in [2.24, 2.45) is 0 Å². The first kappa shape index (κ1) is 22.6. The number of benzene rings is 2. The molecule has 2 amide bonds. The highest BCUT2D eigenvalue weighted by Crippen LogP contribution is 2.31. The molecule has 0 saturated carbocycles. The quantitative estimate of drug-likeness (QED) is 0.678. The molecule has 30 heavy (non-hydrogen) atoms. The van der Waals surface area contributed by atoms with Gasteiger partial charge in [-0.3, -0.25) is 4.90 Å². The second-order valence-electron chi connectivity index (χ2n) is 8.16. The maximum atomic E-state index is 12.5. The summed E-state index contributed by atoms with van der Waals surface area (Å²) < 4.78 is 0. The van der Waals surface area contributed by atoms with Crippen molar-refractivity contribution in [2.45, 2.75) is 31.1 Å². The summed E-state index contributed by atoms with van der Waals surface area (Å²) in [5.74, 6) is 0. The molecule has 0 aromatic heterocycles. The molecule has 162 valence electrons. The molecule has 2 heterocycles. The molecule has 0 radical (unpaired) electrons. The van der Waals surface area contributed by atoms with Crippen LogP contribution in [-0.4, -0.2) is 64.9 Å². The van der Waals surface area contributed by atoms with Gasteiger partial charge in [-0.1, -0.05) is 54.6 Å². The zero-order valence-electron chi connectivity index (χ0n) is 17.1. The van der Waals surface area contributed by atoms with E-state index < -0.39 is 11.7 Å². The van der Waals surface area contributed by atoms with Gasteiger partial charge >= 0.3 is 6.03 Å². The van der Waals surface area contributed by atoms with Crippen molar-refractivity contribution in [2.75, 3.05) is 32.7 Å². The Kier molecular flexibility index (Phi) is 7.41. The lowest BCUT2D eigenvalue weighted by Crippen LogP contribution is -2.46. The first-order valence-corrected chi connectivity index (χ1v) is 10.3. The molecule has 2 atom stereocenters. The lowest BCUT2D eigenvalue weighted by atomic mass is 9.93. The molecular formula is C23H31N3O3S. The van der Waals surface area contributed by atoms with Gasteiger partial charge in [-0.2, -0.15) is 13.5 Å². The van der Waals surface area contributed by atoms with E-state index in [0.717, 1.165) is 25.1 Å². The second kappa shape index (κ2) is 9.83. The number of rotatable bonds is 5. The van der Waals surface area contributed by atoms with Crippen LogP contribution in [0.25, 0.3) is 0 Å². The third kappa shape index (κ3) is 5.16. The van der Waals surface area contributed by atoms with Gasteiger partial charge in [0.1, 0.15) is 5.60 Å². The third-order valence-electron chi connectivity index (χ3n) is 6.01. The molecule has 2 aromatic carbocycles. The predicted octanol–water partition coefficient (Wildman–Crippen LogP) is 1.82. The van der Waals surface area contributed by atoms with Crippen LogP contribution in [-0.2, 0) is 18.6 Å². The molecule has 2 aliphatic rings. The Balaban J connectivity index is 0.00000256. The molecule has 3 N–H and O–H groups in total. The summed E-state index contributed by atoms with van der Waals surface area (Å²) in [4.78, 5) is 16.4. The number of amides is 2. The zero-order valence-corrected chi connectivity index (χ0v) is 18.1. The largest absolute Gasteiger partial charge is 0.390 e. The molecule has 0 bridgehead atoms. The summed E-state index contributed by atoms with van der Waals surface area (Å²) in [5.41, 5.74) is 2.53. The minimum atomic E-state index is -1.00. The number of fused-ring (bicyclic) bond motifs is 1. The van der Waals surface area contributed by atoms with Crippen LogP contribution in [0.2, 0.25) is 0 Å². The number of hydrogen-bond donors (Lipinski definition) is 3.